The van der Waals surface area contributed by atoms with E-state index in [-0.39, 0.29) is 11.1 Å². The lowest BCUT2D eigenvalue weighted by molar-refractivity contribution is -0.398. The lowest BCUT2D eigenvalue weighted by Gasteiger charge is -2.11. The molecule has 2 rings (SSSR count). The third kappa shape index (κ3) is 4.00. The summed E-state index contributed by atoms with van der Waals surface area (Å²) < 4.78 is 0. The summed E-state index contributed by atoms with van der Waals surface area (Å²) in [5, 5.41) is 34.1. The van der Waals surface area contributed by atoms with Crippen molar-refractivity contribution in [3.8, 4) is 11.8 Å². The van der Waals surface area contributed by atoms with Gasteiger partial charge in [-0.2, -0.15) is 5.26 Å². The molecule has 7 nitrogen and oxygen atoms in total. The topological polar surface area (TPSA) is 119 Å². The molecule has 0 radical (unpaired) electrons. The number of carbonyl (C=O) groups is 1. The smallest absolute Gasteiger partial charge is 0.266 e. The third-order valence-corrected chi connectivity index (χ3v) is 3.58. The molecule has 0 fully saturated rings. The summed E-state index contributed by atoms with van der Waals surface area (Å²) in [7, 11) is 0. The minimum absolute atomic E-state index is 0.222. The Morgan fingerprint density at radius 3 is 2.44 bits per heavy atom. The van der Waals surface area contributed by atoms with Gasteiger partial charge in [0.2, 0.25) is 0 Å². The lowest BCUT2D eigenvalue weighted by atomic mass is 10.1. The van der Waals surface area contributed by atoms with Gasteiger partial charge in [0.05, 0.1) is 4.92 Å². The number of aryl methyl sites for hydroxylation is 2. The second kappa shape index (κ2) is 7.27. The van der Waals surface area contributed by atoms with Crippen molar-refractivity contribution >= 4 is 23.4 Å². The number of hydrogen-bond donors (Lipinski definition) is 1. The molecule has 0 saturated heterocycles. The van der Waals surface area contributed by atoms with E-state index >= 15 is 0 Å². The summed E-state index contributed by atoms with van der Waals surface area (Å²) in [5.41, 5.74) is 1.68. The quantitative estimate of drug-likeness (QED) is 0.398. The molecule has 0 aliphatic carbocycles. The number of rotatable bonds is 4. The van der Waals surface area contributed by atoms with Crippen molar-refractivity contribution in [2.45, 2.75) is 13.8 Å². The highest BCUT2D eigenvalue weighted by Gasteiger charge is 2.13. The van der Waals surface area contributed by atoms with E-state index in [0.717, 1.165) is 23.3 Å². The van der Waals surface area contributed by atoms with Gasteiger partial charge in [0.1, 0.15) is 11.6 Å². The lowest BCUT2D eigenvalue weighted by Crippen LogP contribution is -2.15. The predicted molar refractivity (Wildman–Crippen MR) is 90.7 cm³/mol. The molecule has 0 spiro atoms. The largest absolute Gasteiger partial charge is 0.868 e. The van der Waals surface area contributed by atoms with E-state index in [0.29, 0.717) is 5.69 Å². The summed E-state index contributed by atoms with van der Waals surface area (Å²) in [6.07, 6.45) is 1.20. The molecule has 0 aliphatic rings. The first-order valence-corrected chi connectivity index (χ1v) is 7.28. The van der Waals surface area contributed by atoms with Crippen molar-refractivity contribution in [1.29, 1.82) is 5.26 Å². The SMILES string of the molecule is Cc1cccc(C)c1NC(=O)/C(C#N)=C/c1ccc([O-])c([N+](=O)[O-])c1. The van der Waals surface area contributed by atoms with E-state index in [9.17, 15) is 25.3 Å². The minimum atomic E-state index is -0.803. The van der Waals surface area contributed by atoms with Gasteiger partial charge in [-0.25, -0.2) is 0 Å². The summed E-state index contributed by atoms with van der Waals surface area (Å²) >= 11 is 0. The van der Waals surface area contributed by atoms with E-state index in [1.165, 1.54) is 12.1 Å². The molecule has 25 heavy (non-hydrogen) atoms. The van der Waals surface area contributed by atoms with Crippen molar-refractivity contribution in [2.75, 3.05) is 5.32 Å². The maximum Gasteiger partial charge on any atom is 0.266 e. The van der Waals surface area contributed by atoms with Crippen LogP contribution in [-0.4, -0.2) is 10.8 Å². The average molecular weight is 336 g/mol. The number of nitrogens with zero attached hydrogens (tertiary/aromatic N) is 2. The highest BCUT2D eigenvalue weighted by atomic mass is 16.6. The average Bonchev–Trinajstić information content (AvgIpc) is 2.57. The predicted octanol–water partition coefficient (Wildman–Crippen LogP) is 2.83. The fourth-order valence-electron chi connectivity index (χ4n) is 2.27. The number of para-hydroxylation sites is 1. The Balaban J connectivity index is 2.35. The number of hydrogen-bond acceptors (Lipinski definition) is 5. The number of nitrogens with one attached hydrogen (secondary N) is 1. The van der Waals surface area contributed by atoms with E-state index in [2.05, 4.69) is 5.32 Å². The zero-order chi connectivity index (χ0) is 18.6. The Labute approximate surface area is 144 Å². The molecule has 0 aliphatic heterocycles. The van der Waals surface area contributed by atoms with Crippen LogP contribution < -0.4 is 10.4 Å². The maximum absolute atomic E-state index is 12.3. The molecule has 0 aromatic heterocycles. The third-order valence-electron chi connectivity index (χ3n) is 3.58. The number of anilines is 1. The van der Waals surface area contributed by atoms with Gasteiger partial charge in [-0.15, -0.1) is 0 Å². The Morgan fingerprint density at radius 1 is 1.24 bits per heavy atom. The first-order chi connectivity index (χ1) is 11.8. The molecule has 0 saturated carbocycles. The molecule has 2 aromatic rings. The zero-order valence-electron chi connectivity index (χ0n) is 13.6. The Morgan fingerprint density at radius 2 is 1.88 bits per heavy atom. The highest BCUT2D eigenvalue weighted by Crippen LogP contribution is 2.25. The van der Waals surface area contributed by atoms with Crippen LogP contribution in [0.1, 0.15) is 16.7 Å². The number of amides is 1. The Hall–Kier alpha value is -3.66. The molecule has 7 heteroatoms. The second-order valence-electron chi connectivity index (χ2n) is 5.38. The van der Waals surface area contributed by atoms with Crippen molar-refractivity contribution in [1.82, 2.24) is 0 Å². The molecule has 0 unspecified atom stereocenters. The highest BCUT2D eigenvalue weighted by molar-refractivity contribution is 6.10. The number of nitriles is 1. The van der Waals surface area contributed by atoms with Crippen LogP contribution in [0.2, 0.25) is 0 Å². The summed E-state index contributed by atoms with van der Waals surface area (Å²) in [6, 6.07) is 10.7. The molecule has 126 valence electrons. The molecule has 0 bridgehead atoms. The minimum Gasteiger partial charge on any atom is -0.868 e. The van der Waals surface area contributed by atoms with Gasteiger partial charge in [0.15, 0.2) is 0 Å². The number of carbonyl (C=O) groups excluding carboxylic acids is 1. The van der Waals surface area contributed by atoms with Gasteiger partial charge in [-0.1, -0.05) is 30.3 Å². The van der Waals surface area contributed by atoms with Gasteiger partial charge in [0.25, 0.3) is 11.6 Å². The molecular formula is C18H14N3O4-. The van der Waals surface area contributed by atoms with E-state index < -0.39 is 22.3 Å². The van der Waals surface area contributed by atoms with Crippen molar-refractivity contribution in [2.24, 2.45) is 0 Å². The molecule has 1 N–H and O–H groups in total. The van der Waals surface area contributed by atoms with Crippen molar-refractivity contribution in [3.63, 3.8) is 0 Å². The Bertz CT molecular complexity index is 906. The van der Waals surface area contributed by atoms with Crippen molar-refractivity contribution in [3.05, 3.63) is 68.8 Å². The van der Waals surface area contributed by atoms with Gasteiger partial charge in [-0.05, 0) is 42.4 Å². The monoisotopic (exact) mass is 336 g/mol. The number of nitro benzene ring substituents is 1. The summed E-state index contributed by atoms with van der Waals surface area (Å²) in [6.45, 7) is 3.66. The zero-order valence-corrected chi connectivity index (χ0v) is 13.6. The fraction of sp³-hybridized carbons (Fsp3) is 0.111. The number of nitro groups is 1. The maximum atomic E-state index is 12.3. The second-order valence-corrected chi connectivity index (χ2v) is 5.38. The van der Waals surface area contributed by atoms with Crippen LogP contribution in [0.5, 0.6) is 5.75 Å². The van der Waals surface area contributed by atoms with Gasteiger partial charge in [-0.3, -0.25) is 14.9 Å². The normalized spacial score (nSPS) is 10.8. The van der Waals surface area contributed by atoms with Crippen LogP contribution in [0.25, 0.3) is 6.08 Å². The molecule has 1 amide bonds. The molecular weight excluding hydrogens is 322 g/mol. The molecule has 2 aromatic carbocycles. The van der Waals surface area contributed by atoms with Crippen LogP contribution in [0, 0.1) is 35.3 Å². The van der Waals surface area contributed by atoms with Crippen LogP contribution in [-0.2, 0) is 4.79 Å². The Kier molecular flexibility index (Phi) is 5.15. The first kappa shape index (κ1) is 17.7. The van der Waals surface area contributed by atoms with Crippen LogP contribution in [0.3, 0.4) is 0 Å². The number of benzene rings is 2. The van der Waals surface area contributed by atoms with Crippen LogP contribution in [0.15, 0.2) is 42.0 Å². The van der Waals surface area contributed by atoms with E-state index in [1.54, 1.807) is 6.07 Å². The standard InChI is InChI=1S/C18H15N3O4/c1-11-4-3-5-12(2)17(11)20-18(23)14(10-19)8-13-6-7-16(22)15(9-13)21(24)25/h3-9,22H,1-2H3,(H,20,23)/p-1/b14-8+. The summed E-state index contributed by atoms with van der Waals surface area (Å²) in [5.74, 6) is -1.37. The summed E-state index contributed by atoms with van der Waals surface area (Å²) in [4.78, 5) is 22.4. The molecule has 0 heterocycles. The van der Waals surface area contributed by atoms with Crippen molar-refractivity contribution < 1.29 is 14.8 Å². The van der Waals surface area contributed by atoms with E-state index in [1.807, 2.05) is 32.0 Å². The molecule has 0 atom stereocenters. The van der Waals surface area contributed by atoms with Gasteiger partial charge >= 0.3 is 0 Å². The van der Waals surface area contributed by atoms with Crippen LogP contribution >= 0.6 is 0 Å². The van der Waals surface area contributed by atoms with E-state index in [4.69, 9.17) is 0 Å². The van der Waals surface area contributed by atoms with Gasteiger partial charge < -0.3 is 10.4 Å². The first-order valence-electron chi connectivity index (χ1n) is 7.28. The van der Waals surface area contributed by atoms with Gasteiger partial charge in [0, 0.05) is 11.8 Å². The fourth-order valence-corrected chi connectivity index (χ4v) is 2.27. The van der Waals surface area contributed by atoms with Crippen LogP contribution in [0.4, 0.5) is 11.4 Å².